The smallest absolute Gasteiger partial charge is 0.465 e. The lowest BCUT2D eigenvalue weighted by atomic mass is 10.1. The van der Waals surface area contributed by atoms with Gasteiger partial charge in [0.05, 0.1) is 12.7 Å². The second-order valence-electron chi connectivity index (χ2n) is 2.96. The van der Waals surface area contributed by atoms with Gasteiger partial charge in [0.1, 0.15) is 10.4 Å². The molecule has 1 aromatic heterocycles. The zero-order valence-corrected chi connectivity index (χ0v) is 11.0. The maximum absolute atomic E-state index is 12.7. The Morgan fingerprint density at radius 2 is 2.11 bits per heavy atom. The molecule has 0 aliphatic rings. The van der Waals surface area contributed by atoms with E-state index in [0.29, 0.717) is 6.07 Å². The average Bonchev–Trinajstić information content (AvgIpc) is 2.24. The van der Waals surface area contributed by atoms with Crippen molar-refractivity contribution in [1.29, 1.82) is 0 Å². The van der Waals surface area contributed by atoms with Crippen LogP contribution >= 0.6 is 22.6 Å². The lowest BCUT2D eigenvalue weighted by molar-refractivity contribution is -0.276. The van der Waals surface area contributed by atoms with Crippen LogP contribution in [0.25, 0.3) is 0 Å². The summed E-state index contributed by atoms with van der Waals surface area (Å²) < 4.78 is 56.5. The third-order valence-corrected chi connectivity index (χ3v) is 2.57. The van der Waals surface area contributed by atoms with Crippen molar-refractivity contribution in [1.82, 2.24) is 4.98 Å². The fourth-order valence-corrected chi connectivity index (χ4v) is 1.94. The minimum atomic E-state index is -4.93. The van der Waals surface area contributed by atoms with Crippen LogP contribution in [0.15, 0.2) is 6.07 Å². The number of esters is 1. The zero-order chi connectivity index (χ0) is 13.9. The van der Waals surface area contributed by atoms with Gasteiger partial charge in [-0.2, -0.15) is 0 Å². The van der Waals surface area contributed by atoms with Crippen LogP contribution < -0.4 is 4.74 Å². The fraction of sp³-hybridized carbons (Fsp3) is 0.333. The first-order valence-corrected chi connectivity index (χ1v) is 5.45. The van der Waals surface area contributed by atoms with E-state index in [4.69, 9.17) is 0 Å². The van der Waals surface area contributed by atoms with Crippen LogP contribution in [0.1, 0.15) is 15.9 Å². The predicted molar refractivity (Wildman–Crippen MR) is 59.8 cm³/mol. The van der Waals surface area contributed by atoms with Gasteiger partial charge in [-0.3, -0.25) is 0 Å². The lowest BCUT2D eigenvalue weighted by Crippen LogP contribution is -2.19. The molecule has 0 spiro atoms. The number of pyridine rings is 1. The van der Waals surface area contributed by atoms with Gasteiger partial charge < -0.3 is 9.47 Å². The van der Waals surface area contributed by atoms with Crippen molar-refractivity contribution in [3.8, 4) is 5.88 Å². The van der Waals surface area contributed by atoms with Gasteiger partial charge in [0, 0.05) is 11.6 Å². The summed E-state index contributed by atoms with van der Waals surface area (Å²) in [7, 11) is 1.07. The van der Waals surface area contributed by atoms with Gasteiger partial charge in [0.15, 0.2) is 0 Å². The third-order valence-electron chi connectivity index (χ3n) is 1.79. The molecule has 4 nitrogen and oxygen atoms in total. The van der Waals surface area contributed by atoms with Crippen molar-refractivity contribution in [3.05, 3.63) is 20.9 Å². The standard InChI is InChI=1S/C9H6F4INO3/c1-17-8(16)6-4(3-10)2-5(15-7(6)14)18-9(11,12)13/h2H,3H2,1H3. The number of halogens is 5. The summed E-state index contributed by atoms with van der Waals surface area (Å²) in [6.07, 6.45) is -4.93. The Balaban J connectivity index is 3.23. The lowest BCUT2D eigenvalue weighted by Gasteiger charge is -2.11. The maximum atomic E-state index is 12.7. The number of carbonyl (C=O) groups excluding carboxylic acids is 1. The molecule has 0 fully saturated rings. The van der Waals surface area contributed by atoms with Crippen LogP contribution in [0.5, 0.6) is 5.88 Å². The van der Waals surface area contributed by atoms with Crippen molar-refractivity contribution in [3.63, 3.8) is 0 Å². The van der Waals surface area contributed by atoms with E-state index in [1.54, 1.807) is 0 Å². The zero-order valence-electron chi connectivity index (χ0n) is 8.85. The van der Waals surface area contributed by atoms with Gasteiger partial charge in [-0.25, -0.2) is 14.2 Å². The summed E-state index contributed by atoms with van der Waals surface area (Å²) in [5, 5.41) is 0. The van der Waals surface area contributed by atoms with Gasteiger partial charge in [0.2, 0.25) is 5.88 Å². The minimum absolute atomic E-state index is 0.131. The minimum Gasteiger partial charge on any atom is -0.465 e. The molecule has 1 heterocycles. The second-order valence-corrected chi connectivity index (χ2v) is 3.98. The molecule has 0 N–H and O–H groups in total. The third kappa shape index (κ3) is 3.68. The van der Waals surface area contributed by atoms with Crippen LogP contribution in [-0.4, -0.2) is 24.4 Å². The normalized spacial score (nSPS) is 11.2. The van der Waals surface area contributed by atoms with Gasteiger partial charge in [-0.1, -0.05) is 0 Å². The molecule has 0 aliphatic carbocycles. The topological polar surface area (TPSA) is 48.4 Å². The molecule has 0 saturated carbocycles. The van der Waals surface area contributed by atoms with E-state index in [1.165, 1.54) is 22.6 Å². The highest BCUT2D eigenvalue weighted by Crippen LogP contribution is 2.26. The average molecular weight is 379 g/mol. The number of aromatic nitrogens is 1. The molecule has 0 saturated heterocycles. The molecular weight excluding hydrogens is 373 g/mol. The Hall–Kier alpha value is -1.13. The Morgan fingerprint density at radius 3 is 2.56 bits per heavy atom. The van der Waals surface area contributed by atoms with Crippen LogP contribution in [0.2, 0.25) is 0 Å². The van der Waals surface area contributed by atoms with E-state index in [9.17, 15) is 22.4 Å². The molecule has 0 bridgehead atoms. The molecule has 18 heavy (non-hydrogen) atoms. The summed E-state index contributed by atoms with van der Waals surface area (Å²) in [5.41, 5.74) is -0.490. The van der Waals surface area contributed by atoms with Crippen LogP contribution in [0.4, 0.5) is 17.6 Å². The van der Waals surface area contributed by atoms with Crippen molar-refractivity contribution in [2.45, 2.75) is 13.0 Å². The summed E-state index contributed by atoms with van der Waals surface area (Å²) >= 11 is 1.50. The number of nitrogens with zero attached hydrogens (tertiary/aromatic N) is 1. The number of methoxy groups -OCH3 is 1. The number of hydrogen-bond acceptors (Lipinski definition) is 4. The first kappa shape index (κ1) is 14.9. The van der Waals surface area contributed by atoms with Gasteiger partial charge in [-0.15, -0.1) is 13.2 Å². The predicted octanol–water partition coefficient (Wildman–Crippen LogP) is 2.84. The van der Waals surface area contributed by atoms with E-state index in [-0.39, 0.29) is 14.8 Å². The molecule has 0 amide bonds. The quantitative estimate of drug-likeness (QED) is 0.351. The van der Waals surface area contributed by atoms with E-state index in [1.807, 2.05) is 0 Å². The second kappa shape index (κ2) is 5.67. The molecule has 0 atom stereocenters. The van der Waals surface area contributed by atoms with Crippen LogP contribution in [0.3, 0.4) is 0 Å². The molecule has 1 aromatic rings. The molecule has 100 valence electrons. The van der Waals surface area contributed by atoms with E-state index in [0.717, 1.165) is 7.11 Å². The maximum Gasteiger partial charge on any atom is 0.574 e. The monoisotopic (exact) mass is 379 g/mol. The molecule has 0 radical (unpaired) electrons. The molecular formula is C9H6F4INO3. The number of ether oxygens (including phenoxy) is 2. The number of hydrogen-bond donors (Lipinski definition) is 0. The van der Waals surface area contributed by atoms with Crippen molar-refractivity contribution < 1.29 is 31.8 Å². The molecule has 0 unspecified atom stereocenters. The van der Waals surface area contributed by atoms with Crippen molar-refractivity contribution >= 4 is 28.6 Å². The van der Waals surface area contributed by atoms with Gasteiger partial charge >= 0.3 is 12.3 Å². The number of alkyl halides is 4. The van der Waals surface area contributed by atoms with E-state index in [2.05, 4.69) is 14.5 Å². The molecule has 0 aliphatic heterocycles. The fourth-order valence-electron chi connectivity index (χ4n) is 1.13. The van der Waals surface area contributed by atoms with E-state index < -0.39 is 24.9 Å². The number of rotatable bonds is 3. The highest BCUT2D eigenvalue weighted by molar-refractivity contribution is 14.1. The highest BCUT2D eigenvalue weighted by Gasteiger charge is 2.32. The molecule has 9 heteroatoms. The first-order chi connectivity index (χ1) is 8.28. The number of carbonyl (C=O) groups is 1. The Labute approximate surface area is 112 Å². The summed E-state index contributed by atoms with van der Waals surface area (Å²) in [6.45, 7) is -1.14. The SMILES string of the molecule is COC(=O)c1c(CF)cc(OC(F)(F)F)nc1I. The molecule has 1 rings (SSSR count). The van der Waals surface area contributed by atoms with Crippen molar-refractivity contribution in [2.75, 3.05) is 7.11 Å². The van der Waals surface area contributed by atoms with Gasteiger partial charge in [-0.05, 0) is 22.6 Å². The van der Waals surface area contributed by atoms with E-state index >= 15 is 0 Å². The van der Waals surface area contributed by atoms with Crippen LogP contribution in [-0.2, 0) is 11.4 Å². The first-order valence-electron chi connectivity index (χ1n) is 4.38. The molecule has 0 aromatic carbocycles. The largest absolute Gasteiger partial charge is 0.574 e. The highest BCUT2D eigenvalue weighted by atomic mass is 127. The summed E-state index contributed by atoms with van der Waals surface area (Å²) in [5.74, 6) is -1.70. The summed E-state index contributed by atoms with van der Waals surface area (Å²) in [6, 6.07) is 0.710. The Morgan fingerprint density at radius 1 is 1.50 bits per heavy atom. The Kier molecular flexibility index (Phi) is 4.71. The van der Waals surface area contributed by atoms with Crippen LogP contribution in [0, 0.1) is 3.70 Å². The summed E-state index contributed by atoms with van der Waals surface area (Å²) in [4.78, 5) is 14.7. The van der Waals surface area contributed by atoms with Gasteiger partial charge in [0.25, 0.3) is 0 Å². The Bertz CT molecular complexity index is 464. The van der Waals surface area contributed by atoms with Crippen molar-refractivity contribution in [2.24, 2.45) is 0 Å².